The summed E-state index contributed by atoms with van der Waals surface area (Å²) < 4.78 is 0. The van der Waals surface area contributed by atoms with E-state index in [0.29, 0.717) is 5.92 Å². The summed E-state index contributed by atoms with van der Waals surface area (Å²) in [7, 11) is -1.43. The molecule has 0 saturated carbocycles. The Labute approximate surface area is 284 Å². The van der Waals surface area contributed by atoms with Gasteiger partial charge in [-0.3, -0.25) is 0 Å². The quantitative estimate of drug-likeness (QED) is 0.119. The van der Waals surface area contributed by atoms with Crippen LogP contribution in [0.5, 0.6) is 0 Å². The van der Waals surface area contributed by atoms with Crippen molar-refractivity contribution in [1.29, 1.82) is 0 Å². The minimum absolute atomic E-state index is 0. The molecule has 6 aromatic rings. The number of rotatable bonds is 7. The SMILES string of the molecule is CC(C)c1ccnc(-c2[c-]ccc(-c3ccccc3)c2)c1.C[Si](C)(C)c1cnc(-c2[c-]cccc2)cc1Cc1ccccc1.[Ir]. The van der Waals surface area contributed by atoms with Crippen LogP contribution in [0.15, 0.2) is 134 Å². The molecular formula is C41H40IrN2Si-2. The van der Waals surface area contributed by atoms with Gasteiger partial charge in [0.1, 0.15) is 0 Å². The normalized spacial score (nSPS) is 10.9. The molecule has 0 amide bonds. The molecule has 0 saturated heterocycles. The second kappa shape index (κ2) is 15.9. The zero-order valence-corrected chi connectivity index (χ0v) is 30.1. The average Bonchev–Trinajstić information content (AvgIpc) is 3.06. The van der Waals surface area contributed by atoms with Gasteiger partial charge in [0.25, 0.3) is 0 Å². The maximum atomic E-state index is 4.72. The van der Waals surface area contributed by atoms with E-state index in [4.69, 9.17) is 4.98 Å². The number of benzene rings is 4. The molecule has 2 nitrogen and oxygen atoms in total. The Balaban J connectivity index is 0.000000201. The van der Waals surface area contributed by atoms with E-state index in [1.165, 1.54) is 33.0 Å². The van der Waals surface area contributed by atoms with E-state index < -0.39 is 8.07 Å². The minimum Gasteiger partial charge on any atom is -0.305 e. The molecule has 0 atom stereocenters. The third-order valence-corrected chi connectivity index (χ3v) is 9.72. The van der Waals surface area contributed by atoms with Crippen LogP contribution in [0.25, 0.3) is 33.6 Å². The third kappa shape index (κ3) is 9.28. The maximum absolute atomic E-state index is 4.72. The van der Waals surface area contributed by atoms with Crippen molar-refractivity contribution in [2.45, 2.75) is 45.8 Å². The van der Waals surface area contributed by atoms with Crippen LogP contribution < -0.4 is 5.19 Å². The second-order valence-corrected chi connectivity index (χ2v) is 17.4. The number of hydrogen-bond acceptors (Lipinski definition) is 2. The van der Waals surface area contributed by atoms with Crippen LogP contribution in [-0.4, -0.2) is 18.0 Å². The molecule has 0 spiro atoms. The van der Waals surface area contributed by atoms with E-state index in [2.05, 4.69) is 148 Å². The molecule has 0 aliphatic rings. The van der Waals surface area contributed by atoms with Gasteiger partial charge in [0.05, 0.1) is 8.07 Å². The summed E-state index contributed by atoms with van der Waals surface area (Å²) in [5.74, 6) is 0.504. The van der Waals surface area contributed by atoms with Crippen LogP contribution >= 0.6 is 0 Å². The van der Waals surface area contributed by atoms with Gasteiger partial charge in [-0.1, -0.05) is 117 Å². The molecule has 0 N–H and O–H groups in total. The Hall–Kier alpha value is -3.95. The van der Waals surface area contributed by atoms with Gasteiger partial charge in [0, 0.05) is 32.5 Å². The molecule has 0 bridgehead atoms. The molecule has 2 aromatic heterocycles. The third-order valence-electron chi connectivity index (χ3n) is 7.66. The van der Waals surface area contributed by atoms with E-state index in [1.54, 1.807) is 0 Å². The van der Waals surface area contributed by atoms with Crippen LogP contribution in [0.3, 0.4) is 0 Å². The number of nitrogens with zero attached hydrogens (tertiary/aromatic N) is 2. The molecule has 229 valence electrons. The first-order valence-electron chi connectivity index (χ1n) is 15.3. The van der Waals surface area contributed by atoms with Gasteiger partial charge < -0.3 is 9.97 Å². The summed E-state index contributed by atoms with van der Waals surface area (Å²) in [6.07, 6.45) is 4.94. The smallest absolute Gasteiger partial charge is 0.0799 e. The summed E-state index contributed by atoms with van der Waals surface area (Å²) in [5.41, 5.74) is 10.6. The molecule has 0 aliphatic heterocycles. The monoisotopic (exact) mass is 781 g/mol. The van der Waals surface area contributed by atoms with Gasteiger partial charge in [-0.15, -0.1) is 71.3 Å². The van der Waals surface area contributed by atoms with Crippen molar-refractivity contribution in [3.05, 3.63) is 163 Å². The van der Waals surface area contributed by atoms with Crippen molar-refractivity contribution in [2.24, 2.45) is 0 Å². The Morgan fingerprint density at radius 2 is 1.31 bits per heavy atom. The van der Waals surface area contributed by atoms with E-state index in [9.17, 15) is 0 Å². The largest absolute Gasteiger partial charge is 0.305 e. The summed E-state index contributed by atoms with van der Waals surface area (Å²) in [5, 5.41) is 1.45. The fourth-order valence-electron chi connectivity index (χ4n) is 5.21. The molecule has 6 rings (SSSR count). The standard InChI is InChI=1S/C21H22NSi.C20H18N.Ir/c1-23(2,3)21-16-22-20(18-12-8-5-9-13-18)15-19(21)14-17-10-6-4-7-11-17;1-15(2)17-11-12-21-20(14-17)19-10-6-9-18(13-19)16-7-4-3-5-8-16;/h4-12,15-16H,14H2,1-3H3;3-9,11-15H,1-2H3;/q2*-1;. The molecule has 0 unspecified atom stereocenters. The van der Waals surface area contributed by atoms with Crippen molar-refractivity contribution >= 4 is 13.3 Å². The molecule has 0 aliphatic carbocycles. The maximum Gasteiger partial charge on any atom is 0.0799 e. The van der Waals surface area contributed by atoms with E-state index in [0.717, 1.165) is 28.9 Å². The molecule has 4 heteroatoms. The topological polar surface area (TPSA) is 25.8 Å². The Bertz CT molecular complexity index is 1780. The predicted octanol–water partition coefficient (Wildman–Crippen LogP) is 10.0. The molecule has 2 heterocycles. The zero-order valence-electron chi connectivity index (χ0n) is 26.7. The van der Waals surface area contributed by atoms with Crippen molar-refractivity contribution in [3.8, 4) is 33.6 Å². The first-order valence-corrected chi connectivity index (χ1v) is 18.8. The van der Waals surface area contributed by atoms with Crippen LogP contribution in [0.1, 0.15) is 36.5 Å². The van der Waals surface area contributed by atoms with Gasteiger partial charge in [0.2, 0.25) is 0 Å². The summed E-state index contributed by atoms with van der Waals surface area (Å²) in [6.45, 7) is 11.5. The molecule has 0 fully saturated rings. The fraction of sp³-hybridized carbons (Fsp3) is 0.171. The minimum atomic E-state index is -1.43. The van der Waals surface area contributed by atoms with Crippen LogP contribution in [0.4, 0.5) is 0 Å². The average molecular weight is 781 g/mol. The number of aromatic nitrogens is 2. The fourth-order valence-corrected chi connectivity index (χ4v) is 6.79. The van der Waals surface area contributed by atoms with E-state index in [-0.39, 0.29) is 20.1 Å². The molecule has 1 radical (unpaired) electrons. The van der Waals surface area contributed by atoms with Crippen molar-refractivity contribution in [2.75, 3.05) is 0 Å². The predicted molar refractivity (Wildman–Crippen MR) is 189 cm³/mol. The molecular weight excluding hydrogens is 741 g/mol. The van der Waals surface area contributed by atoms with Gasteiger partial charge in [-0.2, -0.15) is 0 Å². The summed E-state index contributed by atoms with van der Waals surface area (Å²) >= 11 is 0. The van der Waals surface area contributed by atoms with E-state index >= 15 is 0 Å². The van der Waals surface area contributed by atoms with Crippen molar-refractivity contribution < 1.29 is 20.1 Å². The van der Waals surface area contributed by atoms with Gasteiger partial charge in [-0.25, -0.2) is 0 Å². The zero-order chi connectivity index (χ0) is 30.9. The van der Waals surface area contributed by atoms with Crippen molar-refractivity contribution in [3.63, 3.8) is 0 Å². The first-order chi connectivity index (χ1) is 21.3. The van der Waals surface area contributed by atoms with E-state index in [1.807, 2.05) is 36.5 Å². The summed E-state index contributed by atoms with van der Waals surface area (Å²) in [6, 6.07) is 48.4. The Morgan fingerprint density at radius 1 is 0.644 bits per heavy atom. The molecule has 45 heavy (non-hydrogen) atoms. The Kier molecular flexibility index (Phi) is 12.0. The Morgan fingerprint density at radius 3 is 1.98 bits per heavy atom. The van der Waals surface area contributed by atoms with Crippen LogP contribution in [0, 0.1) is 12.1 Å². The van der Waals surface area contributed by atoms with Gasteiger partial charge in [-0.05, 0) is 46.1 Å². The first kappa shape index (κ1) is 33.9. The van der Waals surface area contributed by atoms with Crippen molar-refractivity contribution in [1.82, 2.24) is 9.97 Å². The van der Waals surface area contributed by atoms with Gasteiger partial charge >= 0.3 is 0 Å². The summed E-state index contributed by atoms with van der Waals surface area (Å²) in [4.78, 5) is 9.22. The second-order valence-electron chi connectivity index (χ2n) is 12.4. The number of pyridine rings is 2. The number of hydrogen-bond donors (Lipinski definition) is 0. The van der Waals surface area contributed by atoms with Crippen LogP contribution in [0.2, 0.25) is 19.6 Å². The van der Waals surface area contributed by atoms with Gasteiger partial charge in [0.15, 0.2) is 0 Å². The molecule has 4 aromatic carbocycles. The van der Waals surface area contributed by atoms with Crippen LogP contribution in [-0.2, 0) is 26.5 Å².